The quantitative estimate of drug-likeness (QED) is 0.863. The fraction of sp³-hybridized carbons (Fsp3) is 0.250. The van der Waals surface area contributed by atoms with Crippen LogP contribution in [0.5, 0.6) is 0 Å². The fourth-order valence-electron chi connectivity index (χ4n) is 2.03. The molecule has 0 bridgehead atoms. The third-order valence-electron chi connectivity index (χ3n) is 3.25. The molecular weight excluding hydrogens is 260 g/mol. The zero-order valence-corrected chi connectivity index (χ0v) is 11.2. The smallest absolute Gasteiger partial charge is 0.263 e. The van der Waals surface area contributed by atoms with Crippen molar-refractivity contribution in [1.82, 2.24) is 0 Å². The topological polar surface area (TPSA) is 32.3 Å². The Bertz CT molecular complexity index is 555. The molecular formula is C16H17F2NO. The van der Waals surface area contributed by atoms with Crippen LogP contribution in [0, 0.1) is 6.92 Å². The predicted octanol–water partition coefficient (Wildman–Crippen LogP) is 4.08. The second kappa shape index (κ2) is 6.48. The predicted molar refractivity (Wildman–Crippen MR) is 76.0 cm³/mol. The first-order valence-corrected chi connectivity index (χ1v) is 6.43. The summed E-state index contributed by atoms with van der Waals surface area (Å²) in [4.78, 5) is 0. The first-order valence-electron chi connectivity index (χ1n) is 6.43. The monoisotopic (exact) mass is 277 g/mol. The maximum absolute atomic E-state index is 12.5. The van der Waals surface area contributed by atoms with Gasteiger partial charge in [0.25, 0.3) is 6.43 Å². The van der Waals surface area contributed by atoms with Crippen molar-refractivity contribution < 1.29 is 13.9 Å². The van der Waals surface area contributed by atoms with E-state index in [4.69, 9.17) is 0 Å². The van der Waals surface area contributed by atoms with Crippen molar-refractivity contribution in [3.8, 4) is 0 Å². The molecule has 0 amide bonds. The lowest BCUT2D eigenvalue weighted by Gasteiger charge is -2.19. The summed E-state index contributed by atoms with van der Waals surface area (Å²) >= 11 is 0. The number of hydrogen-bond acceptors (Lipinski definition) is 2. The van der Waals surface area contributed by atoms with Crippen LogP contribution in [0.15, 0.2) is 48.5 Å². The molecule has 0 aliphatic rings. The number of aryl methyl sites for hydroxylation is 1. The van der Waals surface area contributed by atoms with Crippen LogP contribution >= 0.6 is 0 Å². The van der Waals surface area contributed by atoms with Crippen LogP contribution in [0.1, 0.15) is 29.2 Å². The molecule has 20 heavy (non-hydrogen) atoms. The first kappa shape index (κ1) is 14.5. The molecule has 106 valence electrons. The maximum Gasteiger partial charge on any atom is 0.263 e. The van der Waals surface area contributed by atoms with Gasteiger partial charge in [0.1, 0.15) is 0 Å². The van der Waals surface area contributed by atoms with Crippen LogP contribution in [-0.4, -0.2) is 11.7 Å². The first-order chi connectivity index (χ1) is 9.61. The number of rotatable bonds is 5. The average Bonchev–Trinajstić information content (AvgIpc) is 2.46. The van der Waals surface area contributed by atoms with Gasteiger partial charge in [-0.3, -0.25) is 0 Å². The summed E-state index contributed by atoms with van der Waals surface area (Å²) in [5.41, 5.74) is 2.75. The average molecular weight is 277 g/mol. The minimum atomic E-state index is -2.47. The molecule has 1 atom stereocenters. The SMILES string of the molecule is Cc1ccccc1NC(CO)c1ccc(C(F)F)cc1. The number of halogens is 2. The van der Waals surface area contributed by atoms with Gasteiger partial charge in [0.05, 0.1) is 12.6 Å². The van der Waals surface area contributed by atoms with E-state index in [1.165, 1.54) is 12.1 Å². The van der Waals surface area contributed by atoms with Gasteiger partial charge in [-0.25, -0.2) is 8.78 Å². The Labute approximate surface area is 117 Å². The van der Waals surface area contributed by atoms with Gasteiger partial charge in [0, 0.05) is 11.3 Å². The Morgan fingerprint density at radius 1 is 1.00 bits per heavy atom. The van der Waals surface area contributed by atoms with Gasteiger partial charge < -0.3 is 10.4 Å². The van der Waals surface area contributed by atoms with E-state index >= 15 is 0 Å². The second-order valence-electron chi connectivity index (χ2n) is 4.66. The number of alkyl halides is 2. The highest BCUT2D eigenvalue weighted by molar-refractivity contribution is 5.52. The third-order valence-corrected chi connectivity index (χ3v) is 3.25. The molecule has 0 fully saturated rings. The van der Waals surface area contributed by atoms with E-state index < -0.39 is 6.43 Å². The summed E-state index contributed by atoms with van der Waals surface area (Å²) in [6, 6.07) is 13.4. The highest BCUT2D eigenvalue weighted by Gasteiger charge is 2.13. The lowest BCUT2D eigenvalue weighted by Crippen LogP contribution is -2.15. The summed E-state index contributed by atoms with van der Waals surface area (Å²) in [6.45, 7) is 1.86. The Morgan fingerprint density at radius 2 is 1.60 bits per heavy atom. The molecule has 2 N–H and O–H groups in total. The second-order valence-corrected chi connectivity index (χ2v) is 4.66. The van der Waals surface area contributed by atoms with Crippen molar-refractivity contribution in [2.24, 2.45) is 0 Å². The molecule has 0 radical (unpaired) electrons. The van der Waals surface area contributed by atoms with Gasteiger partial charge in [-0.2, -0.15) is 0 Å². The van der Waals surface area contributed by atoms with E-state index in [9.17, 15) is 13.9 Å². The molecule has 2 aromatic carbocycles. The summed E-state index contributed by atoms with van der Waals surface area (Å²) < 4.78 is 25.0. The number of nitrogens with one attached hydrogen (secondary N) is 1. The zero-order valence-electron chi connectivity index (χ0n) is 11.2. The molecule has 2 aromatic rings. The van der Waals surface area contributed by atoms with Crippen molar-refractivity contribution in [1.29, 1.82) is 0 Å². The number of aliphatic hydroxyl groups is 1. The van der Waals surface area contributed by atoms with Crippen molar-refractivity contribution in [2.45, 2.75) is 19.4 Å². The molecule has 0 aliphatic carbocycles. The molecule has 1 unspecified atom stereocenters. The lowest BCUT2D eigenvalue weighted by atomic mass is 10.0. The van der Waals surface area contributed by atoms with E-state index in [-0.39, 0.29) is 18.2 Å². The number of anilines is 1. The van der Waals surface area contributed by atoms with Crippen molar-refractivity contribution in [3.05, 3.63) is 65.2 Å². The highest BCUT2D eigenvalue weighted by atomic mass is 19.3. The standard InChI is InChI=1S/C16H17F2NO/c1-11-4-2-3-5-14(11)19-15(10-20)12-6-8-13(9-7-12)16(17)18/h2-9,15-16,19-20H,10H2,1H3. The van der Waals surface area contributed by atoms with E-state index in [2.05, 4.69) is 5.32 Å². The maximum atomic E-state index is 12.5. The Morgan fingerprint density at radius 3 is 2.15 bits per heavy atom. The molecule has 2 rings (SSSR count). The van der Waals surface area contributed by atoms with E-state index in [1.807, 2.05) is 31.2 Å². The normalized spacial score (nSPS) is 12.4. The summed E-state index contributed by atoms with van der Waals surface area (Å²) in [6.07, 6.45) is -2.47. The highest BCUT2D eigenvalue weighted by Crippen LogP contribution is 2.24. The molecule has 0 aliphatic heterocycles. The van der Waals surface area contributed by atoms with Crippen molar-refractivity contribution in [3.63, 3.8) is 0 Å². The fourth-order valence-corrected chi connectivity index (χ4v) is 2.03. The number of para-hydroxylation sites is 1. The molecule has 2 nitrogen and oxygen atoms in total. The minimum Gasteiger partial charge on any atom is -0.394 e. The Balaban J connectivity index is 2.18. The molecule has 4 heteroatoms. The van der Waals surface area contributed by atoms with E-state index in [0.717, 1.165) is 16.8 Å². The van der Waals surface area contributed by atoms with Crippen LogP contribution in [0.4, 0.5) is 14.5 Å². The van der Waals surface area contributed by atoms with Gasteiger partial charge in [0.15, 0.2) is 0 Å². The van der Waals surface area contributed by atoms with Crippen molar-refractivity contribution >= 4 is 5.69 Å². The van der Waals surface area contributed by atoms with Gasteiger partial charge in [-0.1, -0.05) is 42.5 Å². The van der Waals surface area contributed by atoms with Crippen LogP contribution in [0.25, 0.3) is 0 Å². The minimum absolute atomic E-state index is 0.0127. The van der Waals surface area contributed by atoms with Crippen LogP contribution in [0.2, 0.25) is 0 Å². The number of hydrogen-bond donors (Lipinski definition) is 2. The number of benzene rings is 2. The molecule has 0 heterocycles. The van der Waals surface area contributed by atoms with E-state index in [0.29, 0.717) is 0 Å². The Kier molecular flexibility index (Phi) is 4.69. The van der Waals surface area contributed by atoms with Gasteiger partial charge in [-0.15, -0.1) is 0 Å². The van der Waals surface area contributed by atoms with Crippen molar-refractivity contribution in [2.75, 3.05) is 11.9 Å². The van der Waals surface area contributed by atoms with Crippen LogP contribution in [-0.2, 0) is 0 Å². The summed E-state index contributed by atoms with van der Waals surface area (Å²) in [5.74, 6) is 0. The van der Waals surface area contributed by atoms with Crippen LogP contribution in [0.3, 0.4) is 0 Å². The third kappa shape index (κ3) is 3.33. The zero-order chi connectivity index (χ0) is 14.5. The molecule has 0 spiro atoms. The molecule has 0 aromatic heterocycles. The summed E-state index contributed by atoms with van der Waals surface area (Å²) in [5, 5.41) is 12.7. The van der Waals surface area contributed by atoms with E-state index in [1.54, 1.807) is 12.1 Å². The van der Waals surface area contributed by atoms with Gasteiger partial charge in [0.2, 0.25) is 0 Å². The number of aliphatic hydroxyl groups excluding tert-OH is 1. The van der Waals surface area contributed by atoms with Gasteiger partial charge >= 0.3 is 0 Å². The van der Waals surface area contributed by atoms with Crippen LogP contribution < -0.4 is 5.32 Å². The largest absolute Gasteiger partial charge is 0.394 e. The summed E-state index contributed by atoms with van der Waals surface area (Å²) in [7, 11) is 0. The molecule has 0 saturated carbocycles. The molecule has 0 saturated heterocycles. The lowest BCUT2D eigenvalue weighted by molar-refractivity contribution is 0.151. The van der Waals surface area contributed by atoms with Gasteiger partial charge in [-0.05, 0) is 24.1 Å². The Hall–Kier alpha value is -1.94.